The lowest BCUT2D eigenvalue weighted by molar-refractivity contribution is 0.641. The highest BCUT2D eigenvalue weighted by Crippen LogP contribution is 2.16. The molecule has 2 aromatic heterocycles. The van der Waals surface area contributed by atoms with Gasteiger partial charge in [-0.15, -0.1) is 0 Å². The molecule has 0 bridgehead atoms. The van der Waals surface area contributed by atoms with Crippen molar-refractivity contribution in [3.8, 4) is 11.6 Å². The Hall–Kier alpha value is -1.88. The van der Waals surface area contributed by atoms with Gasteiger partial charge in [-0.05, 0) is 27.0 Å². The maximum absolute atomic E-state index is 4.44. The Morgan fingerprint density at radius 3 is 2.41 bits per heavy atom. The maximum atomic E-state index is 4.44. The van der Waals surface area contributed by atoms with Crippen LogP contribution in [0.1, 0.15) is 24.2 Å². The van der Waals surface area contributed by atoms with Gasteiger partial charge in [-0.2, -0.15) is 0 Å². The Morgan fingerprint density at radius 1 is 1.12 bits per heavy atom. The van der Waals surface area contributed by atoms with Gasteiger partial charge in [-0.3, -0.25) is 0 Å². The number of nitrogens with zero attached hydrogens (tertiary/aromatic N) is 4. The second-order valence-corrected chi connectivity index (χ2v) is 3.82. The normalized spacial score (nSPS) is 12.4. The third kappa shape index (κ3) is 2.45. The first-order valence-electron chi connectivity index (χ1n) is 5.50. The van der Waals surface area contributed by atoms with Gasteiger partial charge in [0.2, 0.25) is 0 Å². The van der Waals surface area contributed by atoms with E-state index in [4.69, 9.17) is 0 Å². The van der Waals surface area contributed by atoms with Gasteiger partial charge in [0.05, 0.1) is 0 Å². The van der Waals surface area contributed by atoms with Crippen molar-refractivity contribution >= 4 is 0 Å². The van der Waals surface area contributed by atoms with Crippen LogP contribution in [-0.4, -0.2) is 27.0 Å². The van der Waals surface area contributed by atoms with Crippen LogP contribution >= 0.6 is 0 Å². The highest BCUT2D eigenvalue weighted by Gasteiger charge is 2.10. The fourth-order valence-corrected chi connectivity index (χ4v) is 1.58. The van der Waals surface area contributed by atoms with Crippen molar-refractivity contribution in [2.45, 2.75) is 19.9 Å². The first-order chi connectivity index (χ1) is 8.22. The third-order valence-electron chi connectivity index (χ3n) is 2.68. The summed E-state index contributed by atoms with van der Waals surface area (Å²) in [6, 6.07) is 2.01. The molecule has 1 N–H and O–H groups in total. The molecule has 2 rings (SSSR count). The van der Waals surface area contributed by atoms with Gasteiger partial charge in [0.15, 0.2) is 11.6 Å². The summed E-state index contributed by atoms with van der Waals surface area (Å²) < 4.78 is 0. The average Bonchev–Trinajstić information content (AvgIpc) is 2.39. The van der Waals surface area contributed by atoms with E-state index in [1.807, 2.05) is 20.2 Å². The van der Waals surface area contributed by atoms with Crippen LogP contribution in [0.15, 0.2) is 24.7 Å². The summed E-state index contributed by atoms with van der Waals surface area (Å²) in [5.41, 5.74) is 2.04. The molecular formula is C12H15N5. The Bertz CT molecular complexity index is 498. The standard InChI is InChI=1S/C12H15N5/c1-8(13-3)10-7-16-12(17-9(10)2)11-14-5-4-6-15-11/h4-8,13H,1-3H3. The van der Waals surface area contributed by atoms with Gasteiger partial charge < -0.3 is 5.32 Å². The van der Waals surface area contributed by atoms with Crippen LogP contribution in [0, 0.1) is 6.92 Å². The van der Waals surface area contributed by atoms with Gasteiger partial charge in [-0.25, -0.2) is 19.9 Å². The second kappa shape index (κ2) is 4.97. The second-order valence-electron chi connectivity index (χ2n) is 3.82. The summed E-state index contributed by atoms with van der Waals surface area (Å²) in [5, 5.41) is 3.17. The lowest BCUT2D eigenvalue weighted by atomic mass is 10.1. The summed E-state index contributed by atoms with van der Waals surface area (Å²) in [4.78, 5) is 17.0. The smallest absolute Gasteiger partial charge is 0.197 e. The molecule has 0 aromatic carbocycles. The molecule has 1 atom stereocenters. The van der Waals surface area contributed by atoms with E-state index in [1.54, 1.807) is 18.5 Å². The summed E-state index contributed by atoms with van der Waals surface area (Å²) >= 11 is 0. The molecule has 0 aliphatic heterocycles. The molecule has 5 nitrogen and oxygen atoms in total. The van der Waals surface area contributed by atoms with Crippen molar-refractivity contribution < 1.29 is 0 Å². The number of aryl methyl sites for hydroxylation is 1. The molecule has 0 saturated carbocycles. The van der Waals surface area contributed by atoms with Crippen LogP contribution in [0.5, 0.6) is 0 Å². The number of hydrogen-bond donors (Lipinski definition) is 1. The van der Waals surface area contributed by atoms with Crippen molar-refractivity contribution in [1.29, 1.82) is 0 Å². The molecule has 17 heavy (non-hydrogen) atoms. The summed E-state index contributed by atoms with van der Waals surface area (Å²) in [5.74, 6) is 1.12. The molecule has 2 aromatic rings. The van der Waals surface area contributed by atoms with Crippen molar-refractivity contribution in [2.75, 3.05) is 7.05 Å². The molecule has 2 heterocycles. The van der Waals surface area contributed by atoms with Crippen molar-refractivity contribution in [2.24, 2.45) is 0 Å². The third-order valence-corrected chi connectivity index (χ3v) is 2.68. The van der Waals surface area contributed by atoms with Gasteiger partial charge in [-0.1, -0.05) is 0 Å². The average molecular weight is 229 g/mol. The fraction of sp³-hybridized carbons (Fsp3) is 0.333. The van der Waals surface area contributed by atoms with Crippen molar-refractivity contribution in [1.82, 2.24) is 25.3 Å². The molecule has 0 fully saturated rings. The number of rotatable bonds is 3. The predicted octanol–water partition coefficient (Wildman–Crippen LogP) is 1.52. The Balaban J connectivity index is 2.38. The van der Waals surface area contributed by atoms with Crippen molar-refractivity contribution in [3.63, 3.8) is 0 Å². The van der Waals surface area contributed by atoms with Crippen molar-refractivity contribution in [3.05, 3.63) is 35.9 Å². The zero-order valence-electron chi connectivity index (χ0n) is 10.2. The predicted molar refractivity (Wildman–Crippen MR) is 65.3 cm³/mol. The number of hydrogen-bond acceptors (Lipinski definition) is 5. The molecule has 0 aliphatic carbocycles. The summed E-state index contributed by atoms with van der Waals surface area (Å²) in [6.45, 7) is 4.04. The van der Waals surface area contributed by atoms with E-state index in [0.717, 1.165) is 11.3 Å². The SMILES string of the molecule is CNC(C)c1cnc(-c2ncccn2)nc1C. The monoisotopic (exact) mass is 229 g/mol. The largest absolute Gasteiger partial charge is 0.313 e. The molecule has 5 heteroatoms. The van der Waals surface area contributed by atoms with Crippen LogP contribution in [-0.2, 0) is 0 Å². The topological polar surface area (TPSA) is 63.6 Å². The zero-order chi connectivity index (χ0) is 12.3. The van der Waals surface area contributed by atoms with E-state index in [-0.39, 0.29) is 6.04 Å². The number of aromatic nitrogens is 4. The van der Waals surface area contributed by atoms with Gasteiger partial charge in [0.25, 0.3) is 0 Å². The Kier molecular flexibility index (Phi) is 3.39. The first kappa shape index (κ1) is 11.6. The lowest BCUT2D eigenvalue weighted by Gasteiger charge is -2.12. The van der Waals surface area contributed by atoms with E-state index < -0.39 is 0 Å². The summed E-state index contributed by atoms with van der Waals surface area (Å²) in [6.07, 6.45) is 5.20. The minimum absolute atomic E-state index is 0.237. The van der Waals surface area contributed by atoms with E-state index in [0.29, 0.717) is 11.6 Å². The molecule has 0 saturated heterocycles. The molecule has 0 radical (unpaired) electrons. The lowest BCUT2D eigenvalue weighted by Crippen LogP contribution is -2.15. The highest BCUT2D eigenvalue weighted by molar-refractivity contribution is 5.43. The maximum Gasteiger partial charge on any atom is 0.197 e. The quantitative estimate of drug-likeness (QED) is 0.864. The molecule has 0 spiro atoms. The highest BCUT2D eigenvalue weighted by atomic mass is 15.0. The fourth-order valence-electron chi connectivity index (χ4n) is 1.58. The molecular weight excluding hydrogens is 214 g/mol. The van der Waals surface area contributed by atoms with E-state index in [1.165, 1.54) is 0 Å². The van der Waals surface area contributed by atoms with Crippen LogP contribution in [0.4, 0.5) is 0 Å². The van der Waals surface area contributed by atoms with E-state index in [9.17, 15) is 0 Å². The van der Waals surface area contributed by atoms with E-state index in [2.05, 4.69) is 32.2 Å². The van der Waals surface area contributed by atoms with Crippen LogP contribution in [0.2, 0.25) is 0 Å². The number of nitrogens with one attached hydrogen (secondary N) is 1. The van der Waals surface area contributed by atoms with Crippen LogP contribution in [0.3, 0.4) is 0 Å². The summed E-state index contributed by atoms with van der Waals surface area (Å²) in [7, 11) is 1.92. The molecule has 1 unspecified atom stereocenters. The first-order valence-corrected chi connectivity index (χ1v) is 5.50. The van der Waals surface area contributed by atoms with Gasteiger partial charge >= 0.3 is 0 Å². The van der Waals surface area contributed by atoms with Crippen LogP contribution < -0.4 is 5.32 Å². The Labute approximate surface area is 100 Å². The zero-order valence-corrected chi connectivity index (χ0v) is 10.2. The van der Waals surface area contributed by atoms with E-state index >= 15 is 0 Å². The minimum atomic E-state index is 0.237. The van der Waals surface area contributed by atoms with Gasteiger partial charge in [0.1, 0.15) is 0 Å². The molecule has 0 aliphatic rings. The minimum Gasteiger partial charge on any atom is -0.313 e. The molecule has 0 amide bonds. The Morgan fingerprint density at radius 2 is 1.82 bits per heavy atom. The van der Waals surface area contributed by atoms with Crippen LogP contribution in [0.25, 0.3) is 11.6 Å². The molecule has 88 valence electrons. The van der Waals surface area contributed by atoms with Gasteiger partial charge in [0, 0.05) is 35.9 Å².